The highest BCUT2D eigenvalue weighted by Crippen LogP contribution is 2.40. The number of likely N-dealkylation sites (N-methyl/N-ethyl adjacent to an activating group) is 2. The van der Waals surface area contributed by atoms with Crippen molar-refractivity contribution in [2.45, 2.75) is 31.7 Å². The van der Waals surface area contributed by atoms with E-state index in [0.29, 0.717) is 0 Å². The molecule has 23 heavy (non-hydrogen) atoms. The number of hydrogen-bond donors (Lipinski definition) is 0. The molecule has 0 saturated carbocycles. The van der Waals surface area contributed by atoms with Crippen molar-refractivity contribution in [3.8, 4) is 0 Å². The molecule has 1 spiro atoms. The normalized spacial score (nSPS) is 28.3. The summed E-state index contributed by atoms with van der Waals surface area (Å²) in [5, 5.41) is 0. The predicted molar refractivity (Wildman–Crippen MR) is 84.7 cm³/mol. The third-order valence-corrected chi connectivity index (χ3v) is 5.88. The molecule has 0 aromatic carbocycles. The fraction of sp³-hybridized carbons (Fsp3) is 0.812. The fourth-order valence-electron chi connectivity index (χ4n) is 4.02. The molecule has 3 rings (SSSR count). The predicted octanol–water partition coefficient (Wildman–Crippen LogP) is 0.213. The van der Waals surface area contributed by atoms with Crippen molar-refractivity contribution >= 4 is 17.8 Å². The Balaban J connectivity index is 1.60. The molecule has 7 nitrogen and oxygen atoms in total. The van der Waals surface area contributed by atoms with Crippen LogP contribution in [0, 0.1) is 5.41 Å². The Morgan fingerprint density at radius 1 is 1.09 bits per heavy atom. The van der Waals surface area contributed by atoms with Crippen molar-refractivity contribution < 1.29 is 14.4 Å². The molecule has 0 radical (unpaired) electrons. The number of rotatable bonds is 2. The molecule has 0 N–H and O–H groups in total. The second-order valence-electron chi connectivity index (χ2n) is 7.38. The first-order valence-electron chi connectivity index (χ1n) is 8.34. The van der Waals surface area contributed by atoms with Crippen LogP contribution in [0.25, 0.3) is 0 Å². The van der Waals surface area contributed by atoms with E-state index in [2.05, 4.69) is 11.9 Å². The van der Waals surface area contributed by atoms with Crippen molar-refractivity contribution in [3.05, 3.63) is 0 Å². The van der Waals surface area contributed by atoms with Gasteiger partial charge < -0.3 is 14.7 Å². The summed E-state index contributed by atoms with van der Waals surface area (Å²) < 4.78 is 0. The van der Waals surface area contributed by atoms with Crippen molar-refractivity contribution in [2.75, 3.05) is 47.3 Å². The van der Waals surface area contributed by atoms with Gasteiger partial charge in [0.05, 0.1) is 6.42 Å². The number of carbonyl (C=O) groups is 3. The van der Waals surface area contributed by atoms with E-state index >= 15 is 0 Å². The van der Waals surface area contributed by atoms with Gasteiger partial charge >= 0.3 is 6.03 Å². The maximum Gasteiger partial charge on any atom is 0.326 e. The van der Waals surface area contributed by atoms with E-state index in [1.54, 1.807) is 7.05 Å². The van der Waals surface area contributed by atoms with Gasteiger partial charge in [0, 0.05) is 27.2 Å². The van der Waals surface area contributed by atoms with Crippen LogP contribution in [0.3, 0.4) is 0 Å². The summed E-state index contributed by atoms with van der Waals surface area (Å²) in [5.41, 5.74) is 0.264. The molecular weight excluding hydrogens is 296 g/mol. The van der Waals surface area contributed by atoms with Crippen LogP contribution in [0.4, 0.5) is 4.79 Å². The van der Waals surface area contributed by atoms with Crippen molar-refractivity contribution in [1.82, 2.24) is 19.6 Å². The highest BCUT2D eigenvalue weighted by molar-refractivity contribution is 6.05. The number of nitrogens with zero attached hydrogens (tertiary/aromatic N) is 4. The summed E-state index contributed by atoms with van der Waals surface area (Å²) in [7, 11) is 5.19. The van der Waals surface area contributed by atoms with Gasteiger partial charge in [0.2, 0.25) is 5.91 Å². The first-order chi connectivity index (χ1) is 10.8. The number of urea groups is 1. The second-order valence-corrected chi connectivity index (χ2v) is 7.38. The molecule has 3 aliphatic heterocycles. The monoisotopic (exact) mass is 322 g/mol. The minimum Gasteiger partial charge on any atom is -0.342 e. The number of piperidine rings is 1. The highest BCUT2D eigenvalue weighted by Gasteiger charge is 2.45. The summed E-state index contributed by atoms with van der Waals surface area (Å²) in [6.45, 7) is 3.75. The summed E-state index contributed by atoms with van der Waals surface area (Å²) in [6, 6.07) is -0.977. The molecule has 4 amide bonds. The van der Waals surface area contributed by atoms with Gasteiger partial charge in [-0.3, -0.25) is 14.5 Å². The number of carbonyl (C=O) groups excluding carboxylic acids is 3. The number of amides is 4. The summed E-state index contributed by atoms with van der Waals surface area (Å²) in [6.07, 6.45) is 3.43. The molecule has 0 aromatic heterocycles. The van der Waals surface area contributed by atoms with Crippen LogP contribution in [0.1, 0.15) is 25.7 Å². The van der Waals surface area contributed by atoms with E-state index < -0.39 is 6.04 Å². The smallest absolute Gasteiger partial charge is 0.326 e. The molecule has 3 saturated heterocycles. The van der Waals surface area contributed by atoms with Gasteiger partial charge in [0.15, 0.2) is 0 Å². The first-order valence-corrected chi connectivity index (χ1v) is 8.34. The zero-order valence-corrected chi connectivity index (χ0v) is 14.2. The van der Waals surface area contributed by atoms with Gasteiger partial charge in [-0.05, 0) is 44.8 Å². The Morgan fingerprint density at radius 3 is 2.26 bits per heavy atom. The highest BCUT2D eigenvalue weighted by atomic mass is 16.2. The quantitative estimate of drug-likeness (QED) is 0.682. The van der Waals surface area contributed by atoms with Gasteiger partial charge in [-0.1, -0.05) is 0 Å². The number of hydrogen-bond acceptors (Lipinski definition) is 4. The summed E-state index contributed by atoms with van der Waals surface area (Å²) in [4.78, 5) is 43.2. The lowest BCUT2D eigenvalue weighted by atomic mass is 9.78. The molecule has 1 unspecified atom stereocenters. The maximum absolute atomic E-state index is 12.6. The average molecular weight is 322 g/mol. The van der Waals surface area contributed by atoms with E-state index in [4.69, 9.17) is 0 Å². The van der Waals surface area contributed by atoms with E-state index in [0.717, 1.165) is 50.3 Å². The minimum atomic E-state index is -0.644. The Labute approximate surface area is 137 Å². The third kappa shape index (κ3) is 2.82. The molecule has 0 bridgehead atoms. The van der Waals surface area contributed by atoms with E-state index in [-0.39, 0.29) is 29.7 Å². The lowest BCUT2D eigenvalue weighted by Gasteiger charge is -2.37. The maximum atomic E-state index is 12.6. The van der Waals surface area contributed by atoms with Crippen molar-refractivity contribution in [3.63, 3.8) is 0 Å². The average Bonchev–Trinajstić information content (AvgIpc) is 3.03. The molecule has 128 valence electrons. The summed E-state index contributed by atoms with van der Waals surface area (Å²) in [5.74, 6) is -0.284. The van der Waals surface area contributed by atoms with Crippen LogP contribution >= 0.6 is 0 Å². The number of imide groups is 1. The first kappa shape index (κ1) is 16.2. The Hall–Kier alpha value is -1.63. The lowest BCUT2D eigenvalue weighted by molar-refractivity contribution is -0.136. The molecule has 3 aliphatic rings. The van der Waals surface area contributed by atoms with Crippen LogP contribution < -0.4 is 0 Å². The molecule has 7 heteroatoms. The van der Waals surface area contributed by atoms with E-state index in [1.807, 2.05) is 4.90 Å². The second kappa shape index (κ2) is 5.78. The largest absolute Gasteiger partial charge is 0.342 e. The van der Waals surface area contributed by atoms with Crippen LogP contribution in [-0.4, -0.2) is 90.8 Å². The third-order valence-electron chi connectivity index (χ3n) is 5.88. The van der Waals surface area contributed by atoms with Gasteiger partial charge in [-0.2, -0.15) is 0 Å². The SMILES string of the molecule is CN1CCC2(CC1)CCN(C(=O)CC1C(=O)N(C)C(=O)N1C)C2. The fourth-order valence-corrected chi connectivity index (χ4v) is 4.02. The Morgan fingerprint density at radius 2 is 1.70 bits per heavy atom. The molecule has 1 atom stereocenters. The minimum absolute atomic E-state index is 0.00546. The van der Waals surface area contributed by atoms with Gasteiger partial charge in [-0.15, -0.1) is 0 Å². The van der Waals surface area contributed by atoms with Gasteiger partial charge in [-0.25, -0.2) is 4.79 Å². The van der Waals surface area contributed by atoms with Crippen LogP contribution in [0.15, 0.2) is 0 Å². The zero-order chi connectivity index (χ0) is 16.8. The van der Waals surface area contributed by atoms with Crippen LogP contribution in [-0.2, 0) is 9.59 Å². The zero-order valence-electron chi connectivity index (χ0n) is 14.2. The lowest BCUT2D eigenvalue weighted by Crippen LogP contribution is -2.42. The van der Waals surface area contributed by atoms with Crippen LogP contribution in [0.2, 0.25) is 0 Å². The van der Waals surface area contributed by atoms with Crippen LogP contribution in [0.5, 0.6) is 0 Å². The molecule has 0 aromatic rings. The summed E-state index contributed by atoms with van der Waals surface area (Å²) >= 11 is 0. The van der Waals surface area contributed by atoms with E-state index in [9.17, 15) is 14.4 Å². The van der Waals surface area contributed by atoms with Gasteiger partial charge in [0.25, 0.3) is 5.91 Å². The molecule has 3 heterocycles. The topological polar surface area (TPSA) is 64.2 Å². The number of likely N-dealkylation sites (tertiary alicyclic amines) is 2. The Kier molecular flexibility index (Phi) is 4.08. The van der Waals surface area contributed by atoms with Crippen molar-refractivity contribution in [1.29, 1.82) is 0 Å². The Bertz CT molecular complexity index is 527. The molecule has 3 fully saturated rings. The van der Waals surface area contributed by atoms with E-state index in [1.165, 1.54) is 11.9 Å². The van der Waals surface area contributed by atoms with Gasteiger partial charge in [0.1, 0.15) is 6.04 Å². The van der Waals surface area contributed by atoms with Crippen molar-refractivity contribution in [2.24, 2.45) is 5.41 Å². The molecular formula is C16H26N4O3. The standard InChI is InChI=1S/C16H26N4O3/c1-17-7-4-16(5-8-17)6-9-20(11-16)13(21)10-12-14(22)19(3)15(23)18(12)2/h12H,4-11H2,1-3H3. The molecule has 0 aliphatic carbocycles.